The van der Waals surface area contributed by atoms with Crippen molar-refractivity contribution in [3.05, 3.63) is 80.1 Å². The molecule has 0 aliphatic carbocycles. The Morgan fingerprint density at radius 3 is 2.44 bits per heavy atom. The van der Waals surface area contributed by atoms with E-state index in [4.69, 9.17) is 23.2 Å². The predicted molar refractivity (Wildman–Crippen MR) is 111 cm³/mol. The number of hydrogen-bond acceptors (Lipinski definition) is 7. The number of nitro groups is 1. The predicted octanol–water partition coefficient (Wildman–Crippen LogP) is 5.21. The highest BCUT2D eigenvalue weighted by atomic mass is 35.5. The zero-order valence-electron chi connectivity index (χ0n) is 15.6. The lowest BCUT2D eigenvalue weighted by Gasteiger charge is -2.13. The van der Waals surface area contributed by atoms with Gasteiger partial charge in [0.05, 0.1) is 21.2 Å². The second-order valence-electron chi connectivity index (χ2n) is 6.08. The van der Waals surface area contributed by atoms with Crippen molar-refractivity contribution in [3.63, 3.8) is 0 Å². The number of hydrogen-bond donors (Lipinski definition) is 3. The first-order valence-electron chi connectivity index (χ1n) is 8.51. The molecule has 1 amide bonds. The Hall–Kier alpha value is -3.64. The molecule has 32 heavy (non-hydrogen) atoms. The number of amides is 1. The van der Waals surface area contributed by atoms with Crippen LogP contribution in [0.5, 0.6) is 0 Å². The van der Waals surface area contributed by atoms with Gasteiger partial charge in [-0.15, -0.1) is 0 Å². The van der Waals surface area contributed by atoms with E-state index in [0.717, 1.165) is 18.5 Å². The molecular weight excluding hydrogens is 476 g/mol. The molecule has 0 aliphatic heterocycles. The Kier molecular flexibility index (Phi) is 6.65. The van der Waals surface area contributed by atoms with Crippen molar-refractivity contribution in [2.75, 3.05) is 10.7 Å². The van der Waals surface area contributed by atoms with E-state index < -0.39 is 39.9 Å². The van der Waals surface area contributed by atoms with Crippen molar-refractivity contribution >= 4 is 52.1 Å². The van der Waals surface area contributed by atoms with Crippen molar-refractivity contribution < 1.29 is 22.9 Å². The lowest BCUT2D eigenvalue weighted by Crippen LogP contribution is -2.30. The van der Waals surface area contributed by atoms with E-state index in [1.54, 1.807) is 6.07 Å². The molecule has 0 aliphatic rings. The average molecular weight is 487 g/mol. The molecular formula is C18H11Cl2F3N6O3. The number of benzene rings is 2. The summed E-state index contributed by atoms with van der Waals surface area (Å²) in [5.41, 5.74) is 2.66. The standard InChI is InChI=1S/C18H11Cl2F3N6O3/c19-11-3-1-2-9(6-11)17(30)28-27-16-14(29(31)32)15(24-8-25-16)26-13-7-10(18(21,22)23)4-5-12(13)20/h1-8H,(H,28,30)(H2,24,25,26,27). The van der Waals surface area contributed by atoms with E-state index in [9.17, 15) is 28.1 Å². The molecule has 2 aromatic carbocycles. The first-order chi connectivity index (χ1) is 15.1. The minimum Gasteiger partial charge on any atom is -0.333 e. The fourth-order valence-corrected chi connectivity index (χ4v) is 2.83. The van der Waals surface area contributed by atoms with Crippen molar-refractivity contribution in [2.45, 2.75) is 6.18 Å². The molecule has 9 nitrogen and oxygen atoms in total. The summed E-state index contributed by atoms with van der Waals surface area (Å²) in [7, 11) is 0. The number of nitrogens with one attached hydrogen (secondary N) is 3. The maximum Gasteiger partial charge on any atom is 0.416 e. The molecule has 0 unspecified atom stereocenters. The highest BCUT2D eigenvalue weighted by Crippen LogP contribution is 2.37. The number of rotatable bonds is 6. The molecule has 0 saturated heterocycles. The second-order valence-corrected chi connectivity index (χ2v) is 6.93. The van der Waals surface area contributed by atoms with Crippen LogP contribution in [0.4, 0.5) is 36.2 Å². The van der Waals surface area contributed by atoms with Gasteiger partial charge in [-0.1, -0.05) is 29.3 Å². The second kappa shape index (κ2) is 9.24. The van der Waals surface area contributed by atoms with Gasteiger partial charge in [0.25, 0.3) is 5.91 Å². The van der Waals surface area contributed by atoms with Crippen LogP contribution in [0.15, 0.2) is 48.8 Å². The lowest BCUT2D eigenvalue weighted by molar-refractivity contribution is -0.383. The molecule has 0 radical (unpaired) electrons. The van der Waals surface area contributed by atoms with E-state index in [1.807, 2.05) is 0 Å². The number of nitrogens with zero attached hydrogens (tertiary/aromatic N) is 3. The summed E-state index contributed by atoms with van der Waals surface area (Å²) < 4.78 is 39.0. The number of carbonyl (C=O) groups excluding carboxylic acids is 1. The van der Waals surface area contributed by atoms with Crippen LogP contribution in [-0.2, 0) is 6.18 Å². The number of halogens is 5. The highest BCUT2D eigenvalue weighted by Gasteiger charge is 2.31. The van der Waals surface area contributed by atoms with E-state index >= 15 is 0 Å². The summed E-state index contributed by atoms with van der Waals surface area (Å²) in [6.07, 6.45) is -3.75. The Balaban J connectivity index is 1.89. The summed E-state index contributed by atoms with van der Waals surface area (Å²) in [5, 5.41) is 14.2. The molecule has 14 heteroatoms. The topological polar surface area (TPSA) is 122 Å². The monoisotopic (exact) mass is 486 g/mol. The fraction of sp³-hybridized carbons (Fsp3) is 0.0556. The van der Waals surface area contributed by atoms with E-state index in [1.165, 1.54) is 18.2 Å². The zero-order valence-corrected chi connectivity index (χ0v) is 17.1. The van der Waals surface area contributed by atoms with Crippen LogP contribution >= 0.6 is 23.2 Å². The molecule has 0 fully saturated rings. The normalized spacial score (nSPS) is 11.0. The van der Waals surface area contributed by atoms with Crippen LogP contribution in [0, 0.1) is 10.1 Å². The summed E-state index contributed by atoms with van der Waals surface area (Å²) >= 11 is 11.7. The average Bonchev–Trinajstić information content (AvgIpc) is 2.72. The largest absolute Gasteiger partial charge is 0.416 e. The van der Waals surface area contributed by atoms with Gasteiger partial charge in [0.1, 0.15) is 6.33 Å². The van der Waals surface area contributed by atoms with Gasteiger partial charge in [0.2, 0.25) is 11.6 Å². The van der Waals surface area contributed by atoms with Crippen LogP contribution in [0.2, 0.25) is 10.0 Å². The molecule has 3 rings (SSSR count). The molecule has 0 saturated carbocycles. The Morgan fingerprint density at radius 1 is 1.06 bits per heavy atom. The SMILES string of the molecule is O=C(NNc1ncnc(Nc2cc(C(F)(F)F)ccc2Cl)c1[N+](=O)[O-])c1cccc(Cl)c1. The minimum atomic E-state index is -4.66. The van der Waals surface area contributed by atoms with Crippen LogP contribution in [-0.4, -0.2) is 20.8 Å². The number of carbonyl (C=O) groups is 1. The molecule has 166 valence electrons. The molecule has 3 N–H and O–H groups in total. The van der Waals surface area contributed by atoms with Crippen molar-refractivity contribution in [2.24, 2.45) is 0 Å². The Labute approximate surface area is 187 Å². The van der Waals surface area contributed by atoms with Gasteiger partial charge in [-0.3, -0.25) is 25.8 Å². The maximum absolute atomic E-state index is 13.0. The summed E-state index contributed by atoms with van der Waals surface area (Å²) in [6, 6.07) is 8.35. The van der Waals surface area contributed by atoms with Gasteiger partial charge >= 0.3 is 11.9 Å². The summed E-state index contributed by atoms with van der Waals surface area (Å²) in [6.45, 7) is 0. The van der Waals surface area contributed by atoms with Crippen molar-refractivity contribution in [1.29, 1.82) is 0 Å². The minimum absolute atomic E-state index is 0.130. The first kappa shape index (κ1) is 23.0. The third kappa shape index (κ3) is 5.34. The molecule has 0 spiro atoms. The third-order valence-electron chi connectivity index (χ3n) is 3.93. The van der Waals surface area contributed by atoms with Gasteiger partial charge in [-0.05, 0) is 36.4 Å². The maximum atomic E-state index is 13.0. The van der Waals surface area contributed by atoms with Crippen molar-refractivity contribution in [1.82, 2.24) is 15.4 Å². The van der Waals surface area contributed by atoms with Gasteiger partial charge in [0.15, 0.2) is 0 Å². The highest BCUT2D eigenvalue weighted by molar-refractivity contribution is 6.33. The van der Waals surface area contributed by atoms with Gasteiger partial charge in [0, 0.05) is 10.6 Å². The summed E-state index contributed by atoms with van der Waals surface area (Å²) in [4.78, 5) is 30.4. The molecule has 0 atom stereocenters. The lowest BCUT2D eigenvalue weighted by atomic mass is 10.2. The van der Waals surface area contributed by atoms with Gasteiger partial charge in [-0.25, -0.2) is 9.97 Å². The molecule has 1 heterocycles. The van der Waals surface area contributed by atoms with E-state index in [0.29, 0.717) is 11.1 Å². The van der Waals surface area contributed by atoms with Crippen LogP contribution in [0.3, 0.4) is 0 Å². The Bertz CT molecular complexity index is 1190. The smallest absolute Gasteiger partial charge is 0.333 e. The number of alkyl halides is 3. The fourth-order valence-electron chi connectivity index (χ4n) is 2.48. The van der Waals surface area contributed by atoms with Crippen LogP contribution < -0.4 is 16.2 Å². The van der Waals surface area contributed by atoms with E-state index in [-0.39, 0.29) is 16.3 Å². The molecule has 1 aromatic heterocycles. The first-order valence-corrected chi connectivity index (χ1v) is 9.27. The molecule has 3 aromatic rings. The third-order valence-corrected chi connectivity index (χ3v) is 4.50. The number of aromatic nitrogens is 2. The van der Waals surface area contributed by atoms with Crippen LogP contribution in [0.1, 0.15) is 15.9 Å². The summed E-state index contributed by atoms with van der Waals surface area (Å²) in [5.74, 6) is -1.55. The number of hydrazine groups is 1. The van der Waals surface area contributed by atoms with Crippen LogP contribution in [0.25, 0.3) is 0 Å². The quantitative estimate of drug-likeness (QED) is 0.322. The van der Waals surface area contributed by atoms with E-state index in [2.05, 4.69) is 26.1 Å². The Morgan fingerprint density at radius 2 is 1.78 bits per heavy atom. The van der Waals surface area contributed by atoms with Gasteiger partial charge < -0.3 is 5.32 Å². The van der Waals surface area contributed by atoms with Gasteiger partial charge in [-0.2, -0.15) is 13.2 Å². The van der Waals surface area contributed by atoms with Crippen molar-refractivity contribution in [3.8, 4) is 0 Å². The zero-order chi connectivity index (χ0) is 23.5. The number of anilines is 3. The molecule has 0 bridgehead atoms.